The maximum absolute atomic E-state index is 13.4. The van der Waals surface area contributed by atoms with Crippen molar-refractivity contribution in [1.29, 1.82) is 0 Å². The molecule has 0 spiro atoms. The van der Waals surface area contributed by atoms with Crippen LogP contribution in [0.4, 0.5) is 20.3 Å². The van der Waals surface area contributed by atoms with Crippen molar-refractivity contribution in [1.82, 2.24) is 19.7 Å². The number of rotatable bonds is 6. The summed E-state index contributed by atoms with van der Waals surface area (Å²) in [7, 11) is 1.73. The van der Waals surface area contributed by atoms with E-state index in [2.05, 4.69) is 20.4 Å². The normalized spacial score (nSPS) is 16.6. The molecular formula is C22H24F2N6O2. The Balaban J connectivity index is 1.46. The van der Waals surface area contributed by atoms with E-state index >= 15 is 0 Å². The Hall–Kier alpha value is -3.40. The number of fused-ring (bicyclic) bond motifs is 1. The van der Waals surface area contributed by atoms with Crippen molar-refractivity contribution >= 4 is 17.4 Å². The molecule has 1 aromatic carbocycles. The van der Waals surface area contributed by atoms with Gasteiger partial charge in [0, 0.05) is 19.7 Å². The lowest BCUT2D eigenvalue weighted by Crippen LogP contribution is -2.52. The van der Waals surface area contributed by atoms with E-state index in [0.29, 0.717) is 48.0 Å². The molecule has 0 aliphatic carbocycles. The van der Waals surface area contributed by atoms with Gasteiger partial charge in [0.15, 0.2) is 17.5 Å². The molecule has 2 atom stereocenters. The van der Waals surface area contributed by atoms with Gasteiger partial charge in [0.25, 0.3) is 0 Å². The molecule has 1 amide bonds. The maximum Gasteiger partial charge on any atom is 0.249 e. The summed E-state index contributed by atoms with van der Waals surface area (Å²) >= 11 is 0. The minimum absolute atomic E-state index is 0.289. The van der Waals surface area contributed by atoms with Gasteiger partial charge in [-0.15, -0.1) is 0 Å². The van der Waals surface area contributed by atoms with Crippen LogP contribution >= 0.6 is 0 Å². The number of carbonyl (C=O) groups is 1. The summed E-state index contributed by atoms with van der Waals surface area (Å²) in [5, 5.41) is 17.1. The number of hydrogen-bond acceptors (Lipinski definition) is 6. The number of amides is 1. The number of aliphatic hydroxyl groups excluding tert-OH is 1. The number of anilines is 2. The number of nitrogens with one attached hydrogen (secondary N) is 1. The summed E-state index contributed by atoms with van der Waals surface area (Å²) in [6.07, 6.45) is 3.90. The van der Waals surface area contributed by atoms with Gasteiger partial charge in [0.2, 0.25) is 5.91 Å². The van der Waals surface area contributed by atoms with E-state index in [0.717, 1.165) is 17.7 Å². The molecule has 0 radical (unpaired) electrons. The van der Waals surface area contributed by atoms with Gasteiger partial charge in [0.1, 0.15) is 17.6 Å². The molecule has 168 valence electrons. The van der Waals surface area contributed by atoms with Crippen molar-refractivity contribution in [2.45, 2.75) is 45.4 Å². The molecule has 10 heteroatoms. The molecule has 32 heavy (non-hydrogen) atoms. The fourth-order valence-electron chi connectivity index (χ4n) is 3.88. The molecule has 0 fully saturated rings. The Morgan fingerprint density at radius 1 is 1.19 bits per heavy atom. The second-order valence-corrected chi connectivity index (χ2v) is 8.00. The molecule has 2 aromatic heterocycles. The van der Waals surface area contributed by atoms with E-state index in [1.54, 1.807) is 36.7 Å². The molecular weight excluding hydrogens is 418 g/mol. The molecule has 1 aliphatic rings. The highest BCUT2D eigenvalue weighted by Crippen LogP contribution is 2.32. The van der Waals surface area contributed by atoms with Crippen LogP contribution in [0.2, 0.25) is 0 Å². The quantitative estimate of drug-likeness (QED) is 0.608. The average Bonchev–Trinajstić information content (AvgIpc) is 3.17. The first-order valence-corrected chi connectivity index (χ1v) is 10.3. The number of likely N-dealkylation sites (N-methyl/N-ethyl adjacent to an activating group) is 1. The van der Waals surface area contributed by atoms with Crippen molar-refractivity contribution in [2.24, 2.45) is 0 Å². The third-order valence-corrected chi connectivity index (χ3v) is 5.49. The van der Waals surface area contributed by atoms with E-state index in [1.807, 2.05) is 6.20 Å². The van der Waals surface area contributed by atoms with Crippen molar-refractivity contribution in [3.05, 3.63) is 64.9 Å². The number of aromatic nitrogens is 4. The maximum atomic E-state index is 13.4. The number of nitrogens with zero attached hydrogens (tertiary/aromatic N) is 5. The van der Waals surface area contributed by atoms with Crippen LogP contribution in [0, 0.1) is 18.6 Å². The van der Waals surface area contributed by atoms with Crippen LogP contribution < -0.4 is 10.2 Å². The van der Waals surface area contributed by atoms with E-state index in [1.165, 1.54) is 6.07 Å². The van der Waals surface area contributed by atoms with Gasteiger partial charge >= 0.3 is 0 Å². The number of benzene rings is 1. The largest absolute Gasteiger partial charge is 0.391 e. The van der Waals surface area contributed by atoms with Gasteiger partial charge in [-0.1, -0.05) is 6.07 Å². The number of aryl methyl sites for hydroxylation is 3. The van der Waals surface area contributed by atoms with Gasteiger partial charge in [-0.25, -0.2) is 18.7 Å². The highest BCUT2D eigenvalue weighted by Gasteiger charge is 2.36. The number of hydrogen-bond donors (Lipinski definition) is 2. The monoisotopic (exact) mass is 442 g/mol. The zero-order valence-corrected chi connectivity index (χ0v) is 18.0. The predicted molar refractivity (Wildman–Crippen MR) is 114 cm³/mol. The fourth-order valence-corrected chi connectivity index (χ4v) is 3.88. The van der Waals surface area contributed by atoms with E-state index < -0.39 is 23.8 Å². The zero-order chi connectivity index (χ0) is 23.0. The van der Waals surface area contributed by atoms with Crippen LogP contribution in [0.15, 0.2) is 30.6 Å². The van der Waals surface area contributed by atoms with Gasteiger partial charge in [0.05, 0.1) is 24.5 Å². The van der Waals surface area contributed by atoms with E-state index in [4.69, 9.17) is 0 Å². The van der Waals surface area contributed by atoms with Gasteiger partial charge in [-0.2, -0.15) is 5.10 Å². The lowest BCUT2D eigenvalue weighted by molar-refractivity contribution is -0.119. The standard InChI is InChI=1S/C22H24F2N6O2/c1-12-19-21(29(3)20(13(2)31)22(32)28-19)27-18(26-12)7-5-15-9-25-30(11-15)10-14-4-6-16(23)17(24)8-14/h4,6,8-9,11,13,20,31H,5,7,10H2,1-3H3,(H,28,32)/t13-,20+/m1/s1. The minimum atomic E-state index is -0.881. The molecule has 0 saturated carbocycles. The molecule has 3 aromatic rings. The first kappa shape index (κ1) is 21.8. The van der Waals surface area contributed by atoms with Crippen molar-refractivity contribution in [2.75, 3.05) is 17.3 Å². The molecule has 2 N–H and O–H groups in total. The molecule has 1 aliphatic heterocycles. The molecule has 4 rings (SSSR count). The third-order valence-electron chi connectivity index (χ3n) is 5.49. The Morgan fingerprint density at radius 3 is 2.69 bits per heavy atom. The highest BCUT2D eigenvalue weighted by molar-refractivity contribution is 6.03. The van der Waals surface area contributed by atoms with E-state index in [9.17, 15) is 18.7 Å². The Morgan fingerprint density at radius 2 is 1.97 bits per heavy atom. The SMILES string of the molecule is Cc1nc(CCc2cnn(Cc3ccc(F)c(F)c3)c2)nc2c1NC(=O)[C@H]([C@@H](C)O)N2C. The Kier molecular flexibility index (Phi) is 5.88. The summed E-state index contributed by atoms with van der Waals surface area (Å²) in [4.78, 5) is 23.1. The molecule has 0 bridgehead atoms. The van der Waals surface area contributed by atoms with Crippen molar-refractivity contribution < 1.29 is 18.7 Å². The molecule has 3 heterocycles. The van der Waals surface area contributed by atoms with Crippen LogP contribution in [0.5, 0.6) is 0 Å². The predicted octanol–water partition coefficient (Wildman–Crippen LogP) is 2.23. The summed E-state index contributed by atoms with van der Waals surface area (Å²) in [6, 6.07) is 3.07. The highest BCUT2D eigenvalue weighted by atomic mass is 19.2. The van der Waals surface area contributed by atoms with Gasteiger partial charge in [-0.05, 0) is 43.5 Å². The average molecular weight is 442 g/mol. The van der Waals surface area contributed by atoms with Crippen LogP contribution in [-0.4, -0.2) is 50.0 Å². The number of aliphatic hydroxyl groups is 1. The number of carbonyl (C=O) groups excluding carboxylic acids is 1. The topological polar surface area (TPSA) is 96.2 Å². The third kappa shape index (κ3) is 4.31. The fraction of sp³-hybridized carbons (Fsp3) is 0.364. The lowest BCUT2D eigenvalue weighted by Gasteiger charge is -2.36. The summed E-state index contributed by atoms with van der Waals surface area (Å²) in [5.41, 5.74) is 2.78. The summed E-state index contributed by atoms with van der Waals surface area (Å²) in [6.45, 7) is 3.70. The molecule has 0 unspecified atom stereocenters. The second-order valence-electron chi connectivity index (χ2n) is 8.00. The second kappa shape index (κ2) is 8.62. The van der Waals surface area contributed by atoms with Crippen LogP contribution in [-0.2, 0) is 24.2 Å². The van der Waals surface area contributed by atoms with Crippen LogP contribution in [0.25, 0.3) is 0 Å². The summed E-state index contributed by atoms with van der Waals surface area (Å²) < 4.78 is 28.2. The van der Waals surface area contributed by atoms with Crippen molar-refractivity contribution in [3.63, 3.8) is 0 Å². The molecule has 0 saturated heterocycles. The first-order valence-electron chi connectivity index (χ1n) is 10.3. The van der Waals surface area contributed by atoms with Crippen LogP contribution in [0.3, 0.4) is 0 Å². The van der Waals surface area contributed by atoms with Crippen molar-refractivity contribution in [3.8, 4) is 0 Å². The number of halogens is 2. The van der Waals surface area contributed by atoms with Crippen LogP contribution in [0.1, 0.15) is 29.6 Å². The zero-order valence-electron chi connectivity index (χ0n) is 18.0. The first-order chi connectivity index (χ1) is 15.2. The summed E-state index contributed by atoms with van der Waals surface area (Å²) in [5.74, 6) is -0.856. The minimum Gasteiger partial charge on any atom is -0.391 e. The smallest absolute Gasteiger partial charge is 0.249 e. The van der Waals surface area contributed by atoms with Gasteiger partial charge < -0.3 is 15.3 Å². The Labute approximate surface area is 183 Å². The Bertz CT molecular complexity index is 1160. The van der Waals surface area contributed by atoms with Gasteiger partial charge in [-0.3, -0.25) is 9.48 Å². The molecule has 8 nitrogen and oxygen atoms in total. The lowest BCUT2D eigenvalue weighted by atomic mass is 10.1. The van der Waals surface area contributed by atoms with E-state index in [-0.39, 0.29) is 5.91 Å².